The van der Waals surface area contributed by atoms with Crippen molar-refractivity contribution in [3.8, 4) is 0 Å². The van der Waals surface area contributed by atoms with Crippen LogP contribution in [0.3, 0.4) is 0 Å². The van der Waals surface area contributed by atoms with Crippen LogP contribution in [0.4, 0.5) is 0 Å². The van der Waals surface area contributed by atoms with Gasteiger partial charge in [-0.3, -0.25) is 14.4 Å². The predicted molar refractivity (Wildman–Crippen MR) is 114 cm³/mol. The Morgan fingerprint density at radius 3 is 2.25 bits per heavy atom. The number of allylic oxidation sites excluding steroid dienone is 1. The molecule has 0 rings (SSSR count). The highest BCUT2D eigenvalue weighted by Crippen LogP contribution is 2.25. The van der Waals surface area contributed by atoms with Crippen LogP contribution >= 0.6 is 11.8 Å². The maximum atomic E-state index is 12.3. The van der Waals surface area contributed by atoms with Gasteiger partial charge in [-0.2, -0.15) is 0 Å². The quantitative estimate of drug-likeness (QED) is 0.315. The van der Waals surface area contributed by atoms with E-state index in [1.807, 2.05) is 27.7 Å². The van der Waals surface area contributed by atoms with Crippen molar-refractivity contribution in [2.75, 3.05) is 12.3 Å². The fraction of sp³-hybridized carbons (Fsp3) is 0.762. The van der Waals surface area contributed by atoms with E-state index in [9.17, 15) is 24.6 Å². The van der Waals surface area contributed by atoms with Gasteiger partial charge in [0.2, 0.25) is 5.91 Å². The van der Waals surface area contributed by atoms with E-state index < -0.39 is 18.1 Å². The summed E-state index contributed by atoms with van der Waals surface area (Å²) in [6.45, 7) is 10.9. The summed E-state index contributed by atoms with van der Waals surface area (Å²) in [4.78, 5) is 35.3. The van der Waals surface area contributed by atoms with Gasteiger partial charge < -0.3 is 15.5 Å². The summed E-state index contributed by atoms with van der Waals surface area (Å²) in [5.41, 5.74) is 0. The molecule has 0 unspecified atom stereocenters. The zero-order valence-corrected chi connectivity index (χ0v) is 18.8. The van der Waals surface area contributed by atoms with Gasteiger partial charge in [-0.1, -0.05) is 52.5 Å². The third-order valence-electron chi connectivity index (χ3n) is 4.99. The Hall–Kier alpha value is -1.18. The molecular weight excluding hydrogens is 378 g/mol. The Morgan fingerprint density at radius 1 is 1.11 bits per heavy atom. The van der Waals surface area contributed by atoms with Crippen molar-refractivity contribution in [3.05, 3.63) is 12.2 Å². The standard InChI is InChI=1S/C21H37NO5S/c1-7-18(24)13(2)8-9-19(25)14(3)12-15(4)20(26)16(5)21(27)28-11-10-22-17(6)23/h8-9,13-16,18,20,24,26H,7,10-12H2,1-6H3,(H,22,23)/b9-8+/t13-,14-,15+,16-,18-,20+/m1/s1. The second kappa shape index (κ2) is 13.9. The normalized spacial score (nSPS) is 18.1. The van der Waals surface area contributed by atoms with E-state index >= 15 is 0 Å². The average Bonchev–Trinajstić information content (AvgIpc) is 2.66. The molecule has 0 aromatic rings. The number of aliphatic hydroxyl groups excluding tert-OH is 2. The topological polar surface area (TPSA) is 104 Å². The van der Waals surface area contributed by atoms with E-state index in [-0.39, 0.29) is 34.6 Å². The van der Waals surface area contributed by atoms with Crippen molar-refractivity contribution in [3.63, 3.8) is 0 Å². The lowest BCUT2D eigenvalue weighted by Gasteiger charge is -2.25. The molecule has 0 aliphatic heterocycles. The molecule has 7 heteroatoms. The van der Waals surface area contributed by atoms with E-state index in [2.05, 4.69) is 5.32 Å². The van der Waals surface area contributed by atoms with E-state index in [1.54, 1.807) is 13.0 Å². The van der Waals surface area contributed by atoms with Crippen molar-refractivity contribution in [1.82, 2.24) is 5.32 Å². The largest absolute Gasteiger partial charge is 0.393 e. The first-order valence-corrected chi connectivity index (χ1v) is 11.0. The van der Waals surface area contributed by atoms with Crippen LogP contribution in [0, 0.1) is 23.7 Å². The van der Waals surface area contributed by atoms with Gasteiger partial charge in [0.05, 0.1) is 18.1 Å². The molecule has 0 aliphatic rings. The van der Waals surface area contributed by atoms with Gasteiger partial charge >= 0.3 is 0 Å². The Labute approximate surface area is 173 Å². The van der Waals surface area contributed by atoms with E-state index in [0.29, 0.717) is 25.1 Å². The Balaban J connectivity index is 4.51. The van der Waals surface area contributed by atoms with Crippen LogP contribution in [0.2, 0.25) is 0 Å². The number of hydrogen-bond donors (Lipinski definition) is 3. The molecule has 28 heavy (non-hydrogen) atoms. The maximum Gasteiger partial charge on any atom is 0.216 e. The number of carbonyl (C=O) groups is 3. The number of nitrogens with one attached hydrogen (secondary N) is 1. The molecule has 0 heterocycles. The van der Waals surface area contributed by atoms with E-state index in [1.165, 1.54) is 13.0 Å². The van der Waals surface area contributed by atoms with Crippen LogP contribution in [-0.4, -0.2) is 51.5 Å². The van der Waals surface area contributed by atoms with Crippen LogP contribution in [0.1, 0.15) is 54.4 Å². The molecule has 3 N–H and O–H groups in total. The number of amides is 1. The van der Waals surface area contributed by atoms with Crippen LogP contribution in [0.5, 0.6) is 0 Å². The van der Waals surface area contributed by atoms with Gasteiger partial charge in [0.25, 0.3) is 0 Å². The monoisotopic (exact) mass is 415 g/mol. The van der Waals surface area contributed by atoms with Gasteiger partial charge in [0, 0.05) is 31.1 Å². The lowest BCUT2D eigenvalue weighted by molar-refractivity contribution is -0.120. The lowest BCUT2D eigenvalue weighted by atomic mass is 9.85. The van der Waals surface area contributed by atoms with Crippen molar-refractivity contribution >= 4 is 28.6 Å². The highest BCUT2D eigenvalue weighted by Gasteiger charge is 2.29. The summed E-state index contributed by atoms with van der Waals surface area (Å²) < 4.78 is 0. The molecule has 0 radical (unpaired) electrons. The molecule has 6 nitrogen and oxygen atoms in total. The highest BCUT2D eigenvalue weighted by atomic mass is 32.2. The first kappa shape index (κ1) is 26.8. The summed E-state index contributed by atoms with van der Waals surface area (Å²) in [5.74, 6) is -0.835. The Bertz CT molecular complexity index is 537. The first-order valence-electron chi connectivity index (χ1n) is 10.00. The van der Waals surface area contributed by atoms with E-state index in [0.717, 1.165) is 11.8 Å². The Morgan fingerprint density at radius 2 is 1.71 bits per heavy atom. The zero-order valence-electron chi connectivity index (χ0n) is 18.0. The van der Waals surface area contributed by atoms with Crippen molar-refractivity contribution in [2.24, 2.45) is 23.7 Å². The van der Waals surface area contributed by atoms with Crippen LogP contribution in [-0.2, 0) is 14.4 Å². The van der Waals surface area contributed by atoms with Gasteiger partial charge in [-0.05, 0) is 24.8 Å². The van der Waals surface area contributed by atoms with Crippen LogP contribution in [0.15, 0.2) is 12.2 Å². The van der Waals surface area contributed by atoms with Gasteiger partial charge in [-0.15, -0.1) is 0 Å². The first-order chi connectivity index (χ1) is 13.0. The Kier molecular flexibility index (Phi) is 13.3. The number of aliphatic hydroxyl groups is 2. The fourth-order valence-corrected chi connectivity index (χ4v) is 3.67. The SMILES string of the molecule is CC[C@@H](O)[C@H](C)/C=C/C(=O)[C@H](C)C[C@H](C)[C@H](O)[C@@H](C)C(=O)SCCNC(C)=O. The predicted octanol–water partition coefficient (Wildman–Crippen LogP) is 2.57. The second-order valence-corrected chi connectivity index (χ2v) is 8.74. The number of rotatable bonds is 13. The third kappa shape index (κ3) is 10.4. The molecule has 0 aliphatic carbocycles. The van der Waals surface area contributed by atoms with Gasteiger partial charge in [0.15, 0.2) is 10.9 Å². The molecule has 0 fully saturated rings. The fourth-order valence-electron chi connectivity index (χ4n) is 2.87. The van der Waals surface area contributed by atoms with Crippen LogP contribution in [0.25, 0.3) is 0 Å². The summed E-state index contributed by atoms with van der Waals surface area (Å²) >= 11 is 1.10. The zero-order chi connectivity index (χ0) is 21.9. The second-order valence-electron chi connectivity index (χ2n) is 7.64. The minimum absolute atomic E-state index is 0.0436. The number of carbonyl (C=O) groups excluding carboxylic acids is 3. The van der Waals surface area contributed by atoms with Crippen molar-refractivity contribution in [1.29, 1.82) is 0 Å². The van der Waals surface area contributed by atoms with Crippen molar-refractivity contribution in [2.45, 2.75) is 66.6 Å². The molecule has 0 aromatic carbocycles. The number of hydrogen-bond acceptors (Lipinski definition) is 6. The smallest absolute Gasteiger partial charge is 0.216 e. The molecule has 0 spiro atoms. The van der Waals surface area contributed by atoms with Crippen LogP contribution < -0.4 is 5.32 Å². The van der Waals surface area contributed by atoms with Gasteiger partial charge in [-0.25, -0.2) is 0 Å². The molecule has 1 amide bonds. The summed E-state index contributed by atoms with van der Waals surface area (Å²) in [7, 11) is 0. The van der Waals surface area contributed by atoms with E-state index in [4.69, 9.17) is 0 Å². The summed E-state index contributed by atoms with van der Waals surface area (Å²) in [6, 6.07) is 0. The molecular formula is C21H37NO5S. The summed E-state index contributed by atoms with van der Waals surface area (Å²) in [6.07, 6.45) is 3.05. The third-order valence-corrected chi connectivity index (χ3v) is 6.05. The molecule has 6 atom stereocenters. The minimum atomic E-state index is -0.833. The summed E-state index contributed by atoms with van der Waals surface area (Å²) in [5, 5.41) is 22.8. The van der Waals surface area contributed by atoms with Gasteiger partial charge in [0.1, 0.15) is 0 Å². The molecule has 0 saturated heterocycles. The molecule has 162 valence electrons. The van der Waals surface area contributed by atoms with Crippen molar-refractivity contribution < 1.29 is 24.6 Å². The number of ketones is 1. The number of thioether (sulfide) groups is 1. The molecule has 0 aromatic heterocycles. The molecule has 0 saturated carbocycles. The highest BCUT2D eigenvalue weighted by molar-refractivity contribution is 8.13. The minimum Gasteiger partial charge on any atom is -0.393 e. The lowest BCUT2D eigenvalue weighted by Crippen LogP contribution is -2.32. The average molecular weight is 416 g/mol. The molecule has 0 bridgehead atoms. The maximum absolute atomic E-state index is 12.3.